The lowest BCUT2D eigenvalue weighted by Gasteiger charge is -2.34. The van der Waals surface area contributed by atoms with Gasteiger partial charge in [0, 0.05) is 12.1 Å². The van der Waals surface area contributed by atoms with Crippen LogP contribution in [0.2, 0.25) is 0 Å². The number of nitrogens with zero attached hydrogens (tertiary/aromatic N) is 2. The topological polar surface area (TPSA) is 89.2 Å². The van der Waals surface area contributed by atoms with Gasteiger partial charge in [0.25, 0.3) is 11.6 Å². The fraction of sp³-hybridized carbons (Fsp3) is 0.381. The molecule has 29 heavy (non-hydrogen) atoms. The Bertz CT molecular complexity index is 879. The Labute approximate surface area is 170 Å². The summed E-state index contributed by atoms with van der Waals surface area (Å²) < 4.78 is 5.73. The summed E-state index contributed by atoms with van der Waals surface area (Å²) in [5, 5.41) is 13.8. The van der Waals surface area contributed by atoms with Crippen molar-refractivity contribution in [1.29, 1.82) is 0 Å². The van der Waals surface area contributed by atoms with Crippen LogP contribution in [-0.2, 0) is 4.79 Å². The van der Waals surface area contributed by atoms with Crippen molar-refractivity contribution >= 4 is 23.0 Å². The van der Waals surface area contributed by atoms with Crippen LogP contribution < -0.4 is 19.9 Å². The minimum Gasteiger partial charge on any atom is -0.492 e. The van der Waals surface area contributed by atoms with E-state index in [1.807, 2.05) is 32.0 Å². The Morgan fingerprint density at radius 3 is 2.66 bits per heavy atom. The van der Waals surface area contributed by atoms with E-state index in [9.17, 15) is 14.9 Å². The van der Waals surface area contributed by atoms with Crippen molar-refractivity contribution in [2.75, 3.05) is 49.5 Å². The third kappa shape index (κ3) is 5.23. The van der Waals surface area contributed by atoms with Gasteiger partial charge in [0.15, 0.2) is 6.54 Å². The molecule has 0 aliphatic carbocycles. The van der Waals surface area contributed by atoms with Crippen molar-refractivity contribution in [3.05, 3.63) is 58.1 Å². The molecule has 1 aliphatic heterocycles. The molecule has 0 unspecified atom stereocenters. The Hall–Kier alpha value is -3.13. The molecule has 0 bridgehead atoms. The smallest absolute Gasteiger partial charge is 0.279 e. The maximum absolute atomic E-state index is 12.5. The third-order valence-corrected chi connectivity index (χ3v) is 5.09. The van der Waals surface area contributed by atoms with Gasteiger partial charge in [-0.05, 0) is 31.5 Å². The highest BCUT2D eigenvalue weighted by Crippen LogP contribution is 2.27. The maximum atomic E-state index is 12.5. The number of hydrogen-bond donors (Lipinski definition) is 2. The molecule has 1 aliphatic rings. The van der Waals surface area contributed by atoms with Crippen LogP contribution in [0.3, 0.4) is 0 Å². The minimum atomic E-state index is -0.459. The van der Waals surface area contributed by atoms with Gasteiger partial charge in [0.05, 0.1) is 49.1 Å². The van der Waals surface area contributed by atoms with Gasteiger partial charge in [-0.1, -0.05) is 18.2 Å². The quantitative estimate of drug-likeness (QED) is 0.546. The van der Waals surface area contributed by atoms with E-state index in [1.54, 1.807) is 6.07 Å². The minimum absolute atomic E-state index is 0.0279. The van der Waals surface area contributed by atoms with Crippen LogP contribution in [0.15, 0.2) is 42.5 Å². The van der Waals surface area contributed by atoms with E-state index < -0.39 is 4.92 Å². The number of benzene rings is 2. The van der Waals surface area contributed by atoms with Crippen LogP contribution in [0.5, 0.6) is 5.75 Å². The van der Waals surface area contributed by atoms with E-state index in [0.717, 1.165) is 43.2 Å². The fourth-order valence-corrected chi connectivity index (χ4v) is 3.52. The number of non-ortho nitro benzene ring substituents is 1. The number of ether oxygens (including phenoxy) is 1. The number of para-hydroxylation sites is 2. The van der Waals surface area contributed by atoms with Crippen molar-refractivity contribution in [3.63, 3.8) is 0 Å². The fourth-order valence-electron chi connectivity index (χ4n) is 3.52. The highest BCUT2D eigenvalue weighted by molar-refractivity contribution is 5.92. The first-order valence-electron chi connectivity index (χ1n) is 9.83. The first-order valence-corrected chi connectivity index (χ1v) is 9.83. The standard InChI is InChI=1S/C21H26N4O4/c1-3-29-20-7-5-4-6-19(20)24-12-10-23(11-13-24)15-21(26)22-18-14-17(25(27)28)9-8-16(18)2/h4-9,14H,3,10-13,15H2,1-2H3,(H,22,26)/p+1. The molecule has 1 fully saturated rings. The van der Waals surface area contributed by atoms with Gasteiger partial charge in [0.1, 0.15) is 5.75 Å². The van der Waals surface area contributed by atoms with Crippen LogP contribution in [0, 0.1) is 17.0 Å². The van der Waals surface area contributed by atoms with Gasteiger partial charge in [0.2, 0.25) is 0 Å². The molecule has 0 atom stereocenters. The number of anilines is 2. The molecular formula is C21H27N4O4+. The summed E-state index contributed by atoms with van der Waals surface area (Å²) in [4.78, 5) is 26.4. The van der Waals surface area contributed by atoms with Crippen molar-refractivity contribution < 1.29 is 19.4 Å². The first kappa shape index (κ1) is 20.6. The second kappa shape index (κ2) is 9.38. The molecule has 8 heteroatoms. The molecule has 154 valence electrons. The largest absolute Gasteiger partial charge is 0.492 e. The highest BCUT2D eigenvalue weighted by Gasteiger charge is 2.24. The van der Waals surface area contributed by atoms with Crippen LogP contribution in [0.1, 0.15) is 12.5 Å². The molecule has 0 saturated carbocycles. The Morgan fingerprint density at radius 1 is 1.24 bits per heavy atom. The lowest BCUT2D eigenvalue weighted by atomic mass is 10.2. The Balaban J connectivity index is 1.55. The molecule has 1 amide bonds. The number of piperazine rings is 1. The first-order chi connectivity index (χ1) is 14.0. The molecule has 0 radical (unpaired) electrons. The van der Waals surface area contributed by atoms with E-state index in [4.69, 9.17) is 4.74 Å². The van der Waals surface area contributed by atoms with Crippen LogP contribution in [0.4, 0.5) is 17.1 Å². The lowest BCUT2D eigenvalue weighted by molar-refractivity contribution is -0.892. The summed E-state index contributed by atoms with van der Waals surface area (Å²) in [6, 6.07) is 12.5. The highest BCUT2D eigenvalue weighted by atomic mass is 16.6. The number of rotatable bonds is 7. The molecule has 1 saturated heterocycles. The summed E-state index contributed by atoms with van der Waals surface area (Å²) in [7, 11) is 0. The number of aryl methyl sites for hydroxylation is 1. The second-order valence-electron chi connectivity index (χ2n) is 7.12. The molecule has 3 rings (SSSR count). The lowest BCUT2D eigenvalue weighted by Crippen LogP contribution is -3.15. The second-order valence-corrected chi connectivity index (χ2v) is 7.12. The van der Waals surface area contributed by atoms with E-state index in [1.165, 1.54) is 17.0 Å². The molecule has 1 heterocycles. The molecule has 2 N–H and O–H groups in total. The monoisotopic (exact) mass is 399 g/mol. The zero-order chi connectivity index (χ0) is 20.8. The summed E-state index contributed by atoms with van der Waals surface area (Å²) >= 11 is 0. The van der Waals surface area contributed by atoms with E-state index in [-0.39, 0.29) is 11.6 Å². The molecule has 2 aromatic rings. The van der Waals surface area contributed by atoms with Crippen molar-refractivity contribution in [1.82, 2.24) is 0 Å². The van der Waals surface area contributed by atoms with Gasteiger partial charge >= 0.3 is 0 Å². The SMILES string of the molecule is CCOc1ccccc1N1CC[NH+](CC(=O)Nc2cc([N+](=O)[O-])ccc2C)CC1. The average molecular weight is 399 g/mol. The third-order valence-electron chi connectivity index (χ3n) is 5.09. The predicted molar refractivity (Wildman–Crippen MR) is 112 cm³/mol. The molecule has 0 spiro atoms. The number of nitro benzene ring substituents is 1. The van der Waals surface area contributed by atoms with Crippen molar-refractivity contribution in [2.45, 2.75) is 13.8 Å². The summed E-state index contributed by atoms with van der Waals surface area (Å²) in [6.45, 7) is 8.10. The number of hydrogen-bond acceptors (Lipinski definition) is 5. The van der Waals surface area contributed by atoms with E-state index in [2.05, 4.69) is 16.3 Å². The summed E-state index contributed by atoms with van der Waals surface area (Å²) in [5.41, 5.74) is 2.36. The maximum Gasteiger partial charge on any atom is 0.279 e. The van der Waals surface area contributed by atoms with Gasteiger partial charge in [-0.15, -0.1) is 0 Å². The number of nitrogens with one attached hydrogen (secondary N) is 2. The van der Waals surface area contributed by atoms with Crippen LogP contribution in [0.25, 0.3) is 0 Å². The van der Waals surface area contributed by atoms with Gasteiger partial charge < -0.3 is 19.9 Å². The van der Waals surface area contributed by atoms with Crippen LogP contribution >= 0.6 is 0 Å². The van der Waals surface area contributed by atoms with E-state index in [0.29, 0.717) is 18.8 Å². The normalized spacial score (nSPS) is 14.5. The zero-order valence-corrected chi connectivity index (χ0v) is 16.8. The van der Waals surface area contributed by atoms with Gasteiger partial charge in [-0.2, -0.15) is 0 Å². The predicted octanol–water partition coefficient (Wildman–Crippen LogP) is 1.65. The molecule has 0 aromatic heterocycles. The summed E-state index contributed by atoms with van der Waals surface area (Å²) in [6.07, 6.45) is 0. The summed E-state index contributed by atoms with van der Waals surface area (Å²) in [5.74, 6) is 0.754. The zero-order valence-electron chi connectivity index (χ0n) is 16.8. The van der Waals surface area contributed by atoms with E-state index >= 15 is 0 Å². The van der Waals surface area contributed by atoms with Gasteiger partial charge in [-0.3, -0.25) is 14.9 Å². The number of nitro groups is 1. The number of amides is 1. The van der Waals surface area contributed by atoms with Crippen molar-refractivity contribution in [2.24, 2.45) is 0 Å². The Kier molecular flexibility index (Phi) is 6.66. The van der Waals surface area contributed by atoms with Crippen molar-refractivity contribution in [3.8, 4) is 5.75 Å². The van der Waals surface area contributed by atoms with Gasteiger partial charge in [-0.25, -0.2) is 0 Å². The van der Waals surface area contributed by atoms with Crippen LogP contribution in [-0.4, -0.2) is 50.2 Å². The number of carbonyl (C=O) groups excluding carboxylic acids is 1. The molecular weight excluding hydrogens is 372 g/mol. The average Bonchev–Trinajstić information content (AvgIpc) is 2.71. The molecule has 2 aromatic carbocycles. The number of carbonyl (C=O) groups is 1. The Morgan fingerprint density at radius 2 is 1.97 bits per heavy atom. The number of quaternary nitrogens is 1. The molecule has 8 nitrogen and oxygen atoms in total.